The van der Waals surface area contributed by atoms with Gasteiger partial charge in [0, 0.05) is 36.0 Å². The highest BCUT2D eigenvalue weighted by Gasteiger charge is 2.24. The molecular formula is C38H36N2O4. The van der Waals surface area contributed by atoms with Crippen LogP contribution in [0.25, 0.3) is 10.9 Å². The lowest BCUT2D eigenvalue weighted by molar-refractivity contribution is -0.121. The van der Waals surface area contributed by atoms with Gasteiger partial charge in [0.25, 0.3) is 0 Å². The van der Waals surface area contributed by atoms with Gasteiger partial charge < -0.3 is 23.8 Å². The summed E-state index contributed by atoms with van der Waals surface area (Å²) in [5.41, 5.74) is 6.71. The van der Waals surface area contributed by atoms with Gasteiger partial charge in [-0.2, -0.15) is 0 Å². The van der Waals surface area contributed by atoms with Crippen LogP contribution < -0.4 is 14.8 Å². The van der Waals surface area contributed by atoms with Crippen molar-refractivity contribution in [2.45, 2.75) is 39.0 Å². The second-order valence-electron chi connectivity index (χ2n) is 11.0. The van der Waals surface area contributed by atoms with E-state index in [0.29, 0.717) is 30.4 Å². The van der Waals surface area contributed by atoms with E-state index in [1.165, 1.54) is 11.1 Å². The number of ether oxygens (including phenoxy) is 2. The predicted octanol–water partition coefficient (Wildman–Crippen LogP) is 8.02. The highest BCUT2D eigenvalue weighted by Crippen LogP contribution is 2.39. The summed E-state index contributed by atoms with van der Waals surface area (Å²) >= 11 is 0. The number of rotatable bonds is 12. The number of carbonyl (C=O) groups excluding carboxylic acids is 1. The van der Waals surface area contributed by atoms with E-state index < -0.39 is 0 Å². The molecule has 2 heterocycles. The number of carbonyl (C=O) groups is 1. The van der Waals surface area contributed by atoms with E-state index >= 15 is 0 Å². The molecule has 6 nitrogen and oxygen atoms in total. The van der Waals surface area contributed by atoms with Crippen molar-refractivity contribution < 1.29 is 18.7 Å². The SMILES string of the molecule is COc1cc([C@H](CC(=O)NCc2ccco2)c2cn(Cc3ccc(C)cc3)c3ccccc23)ccc1OCc1ccccc1. The smallest absolute Gasteiger partial charge is 0.221 e. The molecule has 0 aliphatic carbocycles. The van der Waals surface area contributed by atoms with Crippen molar-refractivity contribution in [3.05, 3.63) is 155 Å². The fourth-order valence-corrected chi connectivity index (χ4v) is 5.59. The number of fused-ring (bicyclic) bond motifs is 1. The van der Waals surface area contributed by atoms with Crippen LogP contribution in [0.4, 0.5) is 0 Å². The number of hydrogen-bond donors (Lipinski definition) is 1. The van der Waals surface area contributed by atoms with Crippen LogP contribution in [0.15, 0.2) is 126 Å². The lowest BCUT2D eigenvalue weighted by atomic mass is 9.87. The summed E-state index contributed by atoms with van der Waals surface area (Å²) in [7, 11) is 1.65. The number of hydrogen-bond acceptors (Lipinski definition) is 4. The Labute approximate surface area is 257 Å². The second-order valence-corrected chi connectivity index (χ2v) is 11.0. The minimum Gasteiger partial charge on any atom is -0.493 e. The maximum absolute atomic E-state index is 13.4. The molecule has 4 aromatic carbocycles. The highest BCUT2D eigenvalue weighted by molar-refractivity contribution is 5.87. The maximum atomic E-state index is 13.4. The number of methoxy groups -OCH3 is 1. The largest absolute Gasteiger partial charge is 0.493 e. The van der Waals surface area contributed by atoms with Gasteiger partial charge >= 0.3 is 0 Å². The van der Waals surface area contributed by atoms with Gasteiger partial charge in [-0.15, -0.1) is 0 Å². The highest BCUT2D eigenvalue weighted by atomic mass is 16.5. The number of aromatic nitrogens is 1. The number of benzene rings is 4. The summed E-state index contributed by atoms with van der Waals surface area (Å²) in [6.45, 7) is 3.60. The Morgan fingerprint density at radius 1 is 0.864 bits per heavy atom. The monoisotopic (exact) mass is 584 g/mol. The standard InChI is InChI=1S/C38H36N2O4/c1-27-14-16-28(17-15-27)24-40-25-34(32-12-6-7-13-35(32)40)33(22-38(41)39-23-31-11-8-20-43-31)30-18-19-36(37(21-30)42-2)44-26-29-9-4-3-5-10-29/h3-21,25,33H,22-24,26H2,1-2H3,(H,39,41)/t33-/m0/s1. The van der Waals surface area contributed by atoms with Crippen LogP contribution in [0.2, 0.25) is 0 Å². The van der Waals surface area contributed by atoms with Crippen molar-refractivity contribution in [2.75, 3.05) is 7.11 Å². The molecule has 0 fully saturated rings. The third-order valence-corrected chi connectivity index (χ3v) is 7.92. The van der Waals surface area contributed by atoms with Gasteiger partial charge in [0.05, 0.1) is 19.9 Å². The molecule has 0 unspecified atom stereocenters. The molecule has 44 heavy (non-hydrogen) atoms. The summed E-state index contributed by atoms with van der Waals surface area (Å²) < 4.78 is 19.7. The lowest BCUT2D eigenvalue weighted by Gasteiger charge is -2.19. The molecular weight excluding hydrogens is 548 g/mol. The Morgan fingerprint density at radius 2 is 1.66 bits per heavy atom. The average molecular weight is 585 g/mol. The zero-order valence-electron chi connectivity index (χ0n) is 25.0. The second kappa shape index (κ2) is 13.4. The van der Waals surface area contributed by atoms with E-state index in [9.17, 15) is 4.79 Å². The van der Waals surface area contributed by atoms with E-state index in [0.717, 1.165) is 34.1 Å². The van der Waals surface area contributed by atoms with E-state index in [1.807, 2.05) is 60.7 Å². The minimum absolute atomic E-state index is 0.0647. The molecule has 1 amide bonds. The molecule has 0 saturated carbocycles. The van der Waals surface area contributed by atoms with Gasteiger partial charge in [0.2, 0.25) is 5.91 Å². The van der Waals surface area contributed by atoms with Gasteiger partial charge in [-0.05, 0) is 59.5 Å². The zero-order chi connectivity index (χ0) is 30.3. The third kappa shape index (κ3) is 6.70. The Bertz CT molecular complexity index is 1820. The predicted molar refractivity (Wildman–Crippen MR) is 173 cm³/mol. The topological polar surface area (TPSA) is 65.6 Å². The zero-order valence-corrected chi connectivity index (χ0v) is 25.0. The van der Waals surface area contributed by atoms with Crippen molar-refractivity contribution in [2.24, 2.45) is 0 Å². The first kappa shape index (κ1) is 28.9. The maximum Gasteiger partial charge on any atom is 0.221 e. The molecule has 1 N–H and O–H groups in total. The third-order valence-electron chi connectivity index (χ3n) is 7.92. The Morgan fingerprint density at radius 3 is 2.43 bits per heavy atom. The first-order valence-corrected chi connectivity index (χ1v) is 14.8. The molecule has 0 radical (unpaired) electrons. The van der Waals surface area contributed by atoms with E-state index in [1.54, 1.807) is 13.4 Å². The first-order chi connectivity index (χ1) is 21.6. The van der Waals surface area contributed by atoms with Crippen LogP contribution in [0.5, 0.6) is 11.5 Å². The van der Waals surface area contributed by atoms with Crippen LogP contribution in [0, 0.1) is 6.92 Å². The molecule has 0 spiro atoms. The fraction of sp³-hybridized carbons (Fsp3) is 0.184. The Hall–Kier alpha value is -5.23. The number of nitrogens with zero attached hydrogens (tertiary/aromatic N) is 1. The summed E-state index contributed by atoms with van der Waals surface area (Å²) in [5.74, 6) is 1.70. The lowest BCUT2D eigenvalue weighted by Crippen LogP contribution is -2.24. The molecule has 6 rings (SSSR count). The molecule has 222 valence electrons. The van der Waals surface area contributed by atoms with Crippen molar-refractivity contribution in [1.82, 2.24) is 9.88 Å². The Kier molecular flexibility index (Phi) is 8.78. The fourth-order valence-electron chi connectivity index (χ4n) is 5.59. The summed E-state index contributed by atoms with van der Waals surface area (Å²) in [4.78, 5) is 13.4. The van der Waals surface area contributed by atoms with Gasteiger partial charge in [0.15, 0.2) is 11.5 Å². The van der Waals surface area contributed by atoms with Gasteiger partial charge in [-0.3, -0.25) is 4.79 Å². The van der Waals surface area contributed by atoms with Crippen LogP contribution >= 0.6 is 0 Å². The molecule has 2 aromatic heterocycles. The molecule has 0 aliphatic rings. The molecule has 0 saturated heterocycles. The number of nitrogens with one attached hydrogen (secondary N) is 1. The van der Waals surface area contributed by atoms with Gasteiger partial charge in [-0.25, -0.2) is 0 Å². The number of furan rings is 1. The van der Waals surface area contributed by atoms with Crippen LogP contribution in [0.3, 0.4) is 0 Å². The van der Waals surface area contributed by atoms with Crippen LogP contribution in [0.1, 0.15) is 45.9 Å². The summed E-state index contributed by atoms with van der Waals surface area (Å²) in [5, 5.41) is 4.16. The van der Waals surface area contributed by atoms with Crippen LogP contribution in [-0.2, 0) is 24.5 Å². The molecule has 0 bridgehead atoms. The minimum atomic E-state index is -0.229. The van der Waals surface area contributed by atoms with E-state index in [4.69, 9.17) is 13.9 Å². The Balaban J connectivity index is 1.35. The van der Waals surface area contributed by atoms with Gasteiger partial charge in [-0.1, -0.05) is 84.4 Å². The molecule has 6 heteroatoms. The summed E-state index contributed by atoms with van der Waals surface area (Å²) in [6.07, 6.45) is 4.06. The number of para-hydroxylation sites is 1. The van der Waals surface area contributed by atoms with E-state index in [2.05, 4.69) is 71.5 Å². The van der Waals surface area contributed by atoms with E-state index in [-0.39, 0.29) is 18.2 Å². The quantitative estimate of drug-likeness (QED) is 0.158. The van der Waals surface area contributed by atoms with Crippen molar-refractivity contribution in [3.8, 4) is 11.5 Å². The molecule has 0 aliphatic heterocycles. The van der Waals surface area contributed by atoms with Crippen molar-refractivity contribution >= 4 is 16.8 Å². The van der Waals surface area contributed by atoms with Gasteiger partial charge in [0.1, 0.15) is 12.4 Å². The summed E-state index contributed by atoms with van der Waals surface area (Å²) in [6, 6.07) is 36.7. The molecule has 1 atom stereocenters. The first-order valence-electron chi connectivity index (χ1n) is 14.8. The normalized spacial score (nSPS) is 11.8. The van der Waals surface area contributed by atoms with Crippen LogP contribution in [-0.4, -0.2) is 17.6 Å². The average Bonchev–Trinajstić information content (AvgIpc) is 3.72. The number of amides is 1. The number of aryl methyl sites for hydroxylation is 1. The van der Waals surface area contributed by atoms with Crippen molar-refractivity contribution in [3.63, 3.8) is 0 Å². The van der Waals surface area contributed by atoms with Crippen molar-refractivity contribution in [1.29, 1.82) is 0 Å². The molecule has 6 aromatic rings.